The molecule has 1 aliphatic carbocycles. The lowest BCUT2D eigenvalue weighted by atomic mass is 9.89. The maximum Gasteiger partial charge on any atom is 0.307 e. The quantitative estimate of drug-likeness (QED) is 0.696. The third kappa shape index (κ3) is 4.49. The molecule has 1 aromatic rings. The molecule has 30 heavy (non-hydrogen) atoms. The first-order chi connectivity index (χ1) is 14.3. The van der Waals surface area contributed by atoms with Gasteiger partial charge in [0.2, 0.25) is 5.91 Å². The van der Waals surface area contributed by atoms with Gasteiger partial charge in [0.15, 0.2) is 5.69 Å². The van der Waals surface area contributed by atoms with E-state index in [9.17, 15) is 13.8 Å². The van der Waals surface area contributed by atoms with Crippen LogP contribution >= 0.6 is 0 Å². The Morgan fingerprint density at radius 1 is 1.33 bits per heavy atom. The zero-order chi connectivity index (χ0) is 21.4. The summed E-state index contributed by atoms with van der Waals surface area (Å²) in [7, 11) is -2.74. The molecule has 0 saturated carbocycles. The molecule has 0 radical (unpaired) electrons. The number of piperidine rings is 1. The van der Waals surface area contributed by atoms with Gasteiger partial charge in [0, 0.05) is 35.6 Å². The molecule has 0 N–H and O–H groups in total. The molecule has 2 amide bonds. The minimum Gasteiger partial charge on any atom is -0.380 e. The lowest BCUT2D eigenvalue weighted by Crippen LogP contribution is -2.43. The number of ether oxygens (including phenoxy) is 1. The average molecular weight is 436 g/mol. The summed E-state index contributed by atoms with van der Waals surface area (Å²) in [6, 6.07) is 0. The van der Waals surface area contributed by atoms with Gasteiger partial charge in [0.1, 0.15) is 0 Å². The van der Waals surface area contributed by atoms with E-state index in [-0.39, 0.29) is 22.3 Å². The Morgan fingerprint density at radius 2 is 2.07 bits per heavy atom. The number of hydrogen-bond donors (Lipinski definition) is 0. The molecule has 0 spiro atoms. The molecule has 9 nitrogen and oxygen atoms in total. The highest BCUT2D eigenvalue weighted by Crippen LogP contribution is 2.28. The molecule has 2 saturated heterocycles. The van der Waals surface area contributed by atoms with Gasteiger partial charge in [-0.3, -0.25) is 14.3 Å². The van der Waals surface area contributed by atoms with E-state index in [1.165, 1.54) is 6.26 Å². The van der Waals surface area contributed by atoms with Gasteiger partial charge in [-0.2, -0.15) is 4.36 Å². The number of allylic oxidation sites excluding steroid dienone is 1. The van der Waals surface area contributed by atoms with Crippen molar-refractivity contribution in [1.29, 1.82) is 0 Å². The highest BCUT2D eigenvalue weighted by atomic mass is 32.2. The van der Waals surface area contributed by atoms with Gasteiger partial charge in [-0.1, -0.05) is 18.2 Å². The summed E-state index contributed by atoms with van der Waals surface area (Å²) >= 11 is 0. The third-order valence-electron chi connectivity index (χ3n) is 6.13. The van der Waals surface area contributed by atoms with Crippen LogP contribution in [0.5, 0.6) is 0 Å². The largest absolute Gasteiger partial charge is 0.380 e. The molecule has 1 unspecified atom stereocenters. The first kappa shape index (κ1) is 21.2. The number of amides is 2. The second-order valence-corrected chi connectivity index (χ2v) is 11.5. The zero-order valence-corrected chi connectivity index (χ0v) is 18.4. The van der Waals surface area contributed by atoms with Crippen molar-refractivity contribution >= 4 is 21.5 Å². The van der Waals surface area contributed by atoms with Crippen molar-refractivity contribution in [2.75, 3.05) is 32.6 Å². The molecule has 4 rings (SSSR count). The standard InChI is InChI=1S/C20H29N5O4S/c1-20(13-29-14-20)12-25-11-17(21-23-25)18(26)22-30(2,28)16-7-9-24(10-8-16)19(27)15-5-3-4-6-15/h5,11,16H,3-4,6-10,12-14H2,1-2H3. The highest BCUT2D eigenvalue weighted by molar-refractivity contribution is 7.93. The molecule has 3 heterocycles. The van der Waals surface area contributed by atoms with Crippen molar-refractivity contribution in [2.45, 2.75) is 50.8 Å². The lowest BCUT2D eigenvalue weighted by Gasteiger charge is -2.37. The predicted molar refractivity (Wildman–Crippen MR) is 111 cm³/mol. The number of aromatic nitrogens is 3. The van der Waals surface area contributed by atoms with E-state index in [2.05, 4.69) is 21.6 Å². The van der Waals surface area contributed by atoms with Crippen LogP contribution in [0.15, 0.2) is 22.2 Å². The molecule has 1 aromatic heterocycles. The van der Waals surface area contributed by atoms with Crippen LogP contribution in [0.3, 0.4) is 0 Å². The van der Waals surface area contributed by atoms with Crippen LogP contribution < -0.4 is 0 Å². The van der Waals surface area contributed by atoms with Crippen molar-refractivity contribution in [1.82, 2.24) is 19.9 Å². The Bertz CT molecular complexity index is 979. The van der Waals surface area contributed by atoms with E-state index in [0.29, 0.717) is 45.7 Å². The number of nitrogens with zero attached hydrogens (tertiary/aromatic N) is 5. The van der Waals surface area contributed by atoms with Crippen LogP contribution in [0.4, 0.5) is 0 Å². The number of carbonyl (C=O) groups excluding carboxylic acids is 2. The summed E-state index contributed by atoms with van der Waals surface area (Å²) in [5.74, 6) is -0.498. The molecule has 2 aliphatic heterocycles. The van der Waals surface area contributed by atoms with Crippen molar-refractivity contribution < 1.29 is 18.5 Å². The van der Waals surface area contributed by atoms with E-state index in [4.69, 9.17) is 4.74 Å². The van der Waals surface area contributed by atoms with Gasteiger partial charge >= 0.3 is 5.91 Å². The molecule has 0 bridgehead atoms. The van der Waals surface area contributed by atoms with E-state index >= 15 is 0 Å². The summed E-state index contributed by atoms with van der Waals surface area (Å²) in [6.45, 7) is 5.10. The van der Waals surface area contributed by atoms with E-state index in [1.807, 2.05) is 11.0 Å². The lowest BCUT2D eigenvalue weighted by molar-refractivity contribution is -0.128. The Hall–Kier alpha value is -2.07. The van der Waals surface area contributed by atoms with Crippen molar-refractivity contribution in [3.8, 4) is 0 Å². The van der Waals surface area contributed by atoms with Gasteiger partial charge in [0.05, 0.1) is 35.7 Å². The SMILES string of the molecule is CC1(Cn2cc(C(=O)N=S(C)(=O)C3CCN(C(=O)C4=CCCC4)CC3)nn2)COC1. The fourth-order valence-electron chi connectivity index (χ4n) is 4.26. The topological polar surface area (TPSA) is 107 Å². The summed E-state index contributed by atoms with van der Waals surface area (Å²) < 4.78 is 24.1. The maximum atomic E-state index is 13.2. The molecule has 164 valence electrons. The molecular formula is C20H29N5O4S. The van der Waals surface area contributed by atoms with Crippen molar-refractivity contribution in [3.05, 3.63) is 23.5 Å². The van der Waals surface area contributed by atoms with Crippen molar-refractivity contribution in [2.24, 2.45) is 9.78 Å². The summed E-state index contributed by atoms with van der Waals surface area (Å²) in [5, 5.41) is 7.70. The van der Waals surface area contributed by atoms with Crippen LogP contribution in [0.1, 0.15) is 49.5 Å². The Kier molecular flexibility index (Phi) is 5.80. The molecule has 1 atom stereocenters. The normalized spacial score (nSPS) is 23.4. The van der Waals surface area contributed by atoms with Crippen LogP contribution in [-0.4, -0.2) is 73.7 Å². The second kappa shape index (κ2) is 8.22. The summed E-state index contributed by atoms with van der Waals surface area (Å²) in [5.41, 5.74) is 1.01. The number of hydrogen-bond acceptors (Lipinski definition) is 6. The fourth-order valence-corrected chi connectivity index (χ4v) is 5.91. The zero-order valence-electron chi connectivity index (χ0n) is 17.6. The first-order valence-electron chi connectivity index (χ1n) is 10.5. The Morgan fingerprint density at radius 3 is 2.67 bits per heavy atom. The van der Waals surface area contributed by atoms with Crippen molar-refractivity contribution in [3.63, 3.8) is 0 Å². The highest BCUT2D eigenvalue weighted by Gasteiger charge is 2.34. The molecule has 3 aliphatic rings. The van der Waals surface area contributed by atoms with Crippen LogP contribution in [-0.2, 0) is 25.8 Å². The molecular weight excluding hydrogens is 406 g/mol. The smallest absolute Gasteiger partial charge is 0.307 e. The Balaban J connectivity index is 1.37. The van der Waals surface area contributed by atoms with Gasteiger partial charge in [-0.25, -0.2) is 4.21 Å². The van der Waals surface area contributed by atoms with Gasteiger partial charge < -0.3 is 9.64 Å². The Labute approximate surface area is 177 Å². The minimum absolute atomic E-state index is 0.00338. The van der Waals surface area contributed by atoms with Gasteiger partial charge in [-0.05, 0) is 32.1 Å². The van der Waals surface area contributed by atoms with Crippen LogP contribution in [0, 0.1) is 5.41 Å². The molecule has 0 aromatic carbocycles. The number of carbonyl (C=O) groups is 2. The second-order valence-electron chi connectivity index (χ2n) is 8.98. The predicted octanol–water partition coefficient (Wildman–Crippen LogP) is 1.65. The van der Waals surface area contributed by atoms with Gasteiger partial charge in [-0.15, -0.1) is 5.10 Å². The molecule has 2 fully saturated rings. The summed E-state index contributed by atoms with van der Waals surface area (Å²) in [4.78, 5) is 26.9. The molecule has 10 heteroatoms. The fraction of sp³-hybridized carbons (Fsp3) is 0.700. The van der Waals surface area contributed by atoms with Crippen LogP contribution in [0.2, 0.25) is 0 Å². The first-order valence-corrected chi connectivity index (χ1v) is 12.5. The average Bonchev–Trinajstić information content (AvgIpc) is 3.38. The van der Waals surface area contributed by atoms with Crippen LogP contribution in [0.25, 0.3) is 0 Å². The van der Waals surface area contributed by atoms with Gasteiger partial charge in [0.25, 0.3) is 0 Å². The maximum absolute atomic E-state index is 13.2. The van der Waals surface area contributed by atoms with E-state index in [1.54, 1.807) is 10.9 Å². The number of likely N-dealkylation sites (tertiary alicyclic amines) is 1. The third-order valence-corrected chi connectivity index (χ3v) is 8.37. The minimum atomic E-state index is -2.74. The summed E-state index contributed by atoms with van der Waals surface area (Å²) in [6.07, 6.45) is 9.13. The van der Waals surface area contributed by atoms with E-state index < -0.39 is 15.6 Å². The monoisotopic (exact) mass is 435 g/mol. The van der Waals surface area contributed by atoms with E-state index in [0.717, 1.165) is 24.8 Å². The number of rotatable bonds is 5.